The molecule has 108 valence electrons. The zero-order valence-electron chi connectivity index (χ0n) is 11.1. The van der Waals surface area contributed by atoms with Crippen LogP contribution in [0.4, 0.5) is 9.18 Å². The molecular formula is C14H18FN3O2. The maximum absolute atomic E-state index is 13.0. The molecule has 0 aromatic heterocycles. The van der Waals surface area contributed by atoms with Gasteiger partial charge in [-0.2, -0.15) is 0 Å². The molecule has 1 saturated heterocycles. The molecule has 1 heterocycles. The first-order valence-corrected chi connectivity index (χ1v) is 6.66. The lowest BCUT2D eigenvalue weighted by Crippen LogP contribution is -2.45. The number of carbonyl (C=O) groups excluding carboxylic acids is 2. The van der Waals surface area contributed by atoms with Gasteiger partial charge in [0.05, 0.1) is 12.6 Å². The van der Waals surface area contributed by atoms with Crippen LogP contribution in [0.2, 0.25) is 0 Å². The number of primary amides is 1. The molecular weight excluding hydrogens is 261 g/mol. The van der Waals surface area contributed by atoms with Gasteiger partial charge in [0, 0.05) is 6.54 Å². The number of carbonyl (C=O) groups is 2. The van der Waals surface area contributed by atoms with Crippen molar-refractivity contribution in [2.45, 2.75) is 25.3 Å². The highest BCUT2D eigenvalue weighted by atomic mass is 19.1. The number of likely N-dealkylation sites (tertiary alicyclic amines) is 1. The van der Waals surface area contributed by atoms with Crippen LogP contribution in [0.15, 0.2) is 24.3 Å². The van der Waals surface area contributed by atoms with Gasteiger partial charge in [-0.1, -0.05) is 12.1 Å². The number of hydrogen-bond acceptors (Lipinski definition) is 2. The molecule has 0 bridgehead atoms. The standard InChI is InChI=1S/C14H18FN3O2/c15-11-6-4-10(5-7-11)12-3-1-2-8-18(12)13(19)9-17-14(16)20/h4-7,12H,1-3,8-9H2,(H3,16,17,20). The minimum Gasteiger partial charge on any atom is -0.352 e. The highest BCUT2D eigenvalue weighted by Crippen LogP contribution is 2.30. The molecule has 2 rings (SSSR count). The number of halogens is 1. The van der Waals surface area contributed by atoms with Crippen molar-refractivity contribution in [2.75, 3.05) is 13.1 Å². The van der Waals surface area contributed by atoms with Crippen molar-refractivity contribution in [3.8, 4) is 0 Å². The molecule has 5 nitrogen and oxygen atoms in total. The van der Waals surface area contributed by atoms with Crippen molar-refractivity contribution < 1.29 is 14.0 Å². The maximum Gasteiger partial charge on any atom is 0.312 e. The molecule has 1 aliphatic rings. The predicted molar refractivity (Wildman–Crippen MR) is 72.3 cm³/mol. The SMILES string of the molecule is NC(=O)NCC(=O)N1CCCCC1c1ccc(F)cc1. The van der Waals surface area contributed by atoms with Crippen LogP contribution in [0.5, 0.6) is 0 Å². The number of rotatable bonds is 3. The summed E-state index contributed by atoms with van der Waals surface area (Å²) < 4.78 is 13.0. The second kappa shape index (κ2) is 6.36. The van der Waals surface area contributed by atoms with Crippen molar-refractivity contribution in [1.29, 1.82) is 0 Å². The van der Waals surface area contributed by atoms with Gasteiger partial charge < -0.3 is 16.0 Å². The number of urea groups is 1. The van der Waals surface area contributed by atoms with Crippen LogP contribution in [-0.2, 0) is 4.79 Å². The fourth-order valence-corrected chi connectivity index (χ4v) is 2.53. The van der Waals surface area contributed by atoms with E-state index in [1.165, 1.54) is 12.1 Å². The van der Waals surface area contributed by atoms with E-state index in [-0.39, 0.29) is 24.3 Å². The van der Waals surface area contributed by atoms with E-state index < -0.39 is 6.03 Å². The third-order valence-corrected chi connectivity index (χ3v) is 3.49. The van der Waals surface area contributed by atoms with E-state index in [1.807, 2.05) is 0 Å². The van der Waals surface area contributed by atoms with Gasteiger partial charge in [-0.3, -0.25) is 4.79 Å². The third-order valence-electron chi connectivity index (χ3n) is 3.49. The van der Waals surface area contributed by atoms with Gasteiger partial charge >= 0.3 is 6.03 Å². The quantitative estimate of drug-likeness (QED) is 0.880. The van der Waals surface area contributed by atoms with Crippen LogP contribution < -0.4 is 11.1 Å². The summed E-state index contributed by atoms with van der Waals surface area (Å²) in [6, 6.07) is 5.42. The molecule has 0 saturated carbocycles. The summed E-state index contributed by atoms with van der Waals surface area (Å²) in [4.78, 5) is 24.5. The average molecular weight is 279 g/mol. The third kappa shape index (κ3) is 3.46. The Hall–Kier alpha value is -2.11. The molecule has 1 aliphatic heterocycles. The van der Waals surface area contributed by atoms with E-state index in [1.54, 1.807) is 17.0 Å². The van der Waals surface area contributed by atoms with Crippen molar-refractivity contribution >= 4 is 11.9 Å². The normalized spacial score (nSPS) is 18.6. The Bertz CT molecular complexity index is 490. The van der Waals surface area contributed by atoms with Gasteiger partial charge in [0.25, 0.3) is 0 Å². The van der Waals surface area contributed by atoms with Gasteiger partial charge in [0.2, 0.25) is 5.91 Å². The lowest BCUT2D eigenvalue weighted by atomic mass is 9.95. The number of nitrogens with two attached hydrogens (primary N) is 1. The number of nitrogens with one attached hydrogen (secondary N) is 1. The molecule has 1 aromatic carbocycles. The fraction of sp³-hybridized carbons (Fsp3) is 0.429. The number of hydrogen-bond donors (Lipinski definition) is 2. The Balaban J connectivity index is 2.10. The summed E-state index contributed by atoms with van der Waals surface area (Å²) >= 11 is 0. The van der Waals surface area contributed by atoms with E-state index in [4.69, 9.17) is 5.73 Å². The maximum atomic E-state index is 13.0. The minimum atomic E-state index is -0.714. The van der Waals surface area contributed by atoms with Crippen LogP contribution in [0.1, 0.15) is 30.9 Å². The van der Waals surface area contributed by atoms with Gasteiger partial charge in [-0.25, -0.2) is 9.18 Å². The summed E-state index contributed by atoms with van der Waals surface area (Å²) in [7, 11) is 0. The molecule has 1 unspecified atom stereocenters. The van der Waals surface area contributed by atoms with E-state index in [0.717, 1.165) is 24.8 Å². The van der Waals surface area contributed by atoms with Crippen LogP contribution in [0, 0.1) is 5.82 Å². The largest absolute Gasteiger partial charge is 0.352 e. The van der Waals surface area contributed by atoms with Crippen LogP contribution in [0.3, 0.4) is 0 Å². The van der Waals surface area contributed by atoms with Crippen molar-refractivity contribution in [2.24, 2.45) is 5.73 Å². The molecule has 0 radical (unpaired) electrons. The van der Waals surface area contributed by atoms with Gasteiger partial charge in [-0.05, 0) is 37.0 Å². The smallest absolute Gasteiger partial charge is 0.312 e. The van der Waals surface area contributed by atoms with Gasteiger partial charge in [-0.15, -0.1) is 0 Å². The van der Waals surface area contributed by atoms with Gasteiger partial charge in [0.15, 0.2) is 0 Å². The van der Waals surface area contributed by atoms with Crippen molar-refractivity contribution in [3.05, 3.63) is 35.6 Å². The van der Waals surface area contributed by atoms with Crippen LogP contribution >= 0.6 is 0 Å². The summed E-state index contributed by atoms with van der Waals surface area (Å²) in [5, 5.41) is 2.31. The highest BCUT2D eigenvalue weighted by Gasteiger charge is 2.27. The zero-order valence-corrected chi connectivity index (χ0v) is 11.1. The second-order valence-corrected chi connectivity index (χ2v) is 4.87. The van der Waals surface area contributed by atoms with Crippen LogP contribution in [-0.4, -0.2) is 29.9 Å². The summed E-state index contributed by atoms with van der Waals surface area (Å²) in [6.45, 7) is 0.536. The topological polar surface area (TPSA) is 75.4 Å². The zero-order chi connectivity index (χ0) is 14.5. The van der Waals surface area contributed by atoms with Crippen LogP contribution in [0.25, 0.3) is 0 Å². The highest BCUT2D eigenvalue weighted by molar-refractivity contribution is 5.83. The molecule has 0 aliphatic carbocycles. The lowest BCUT2D eigenvalue weighted by molar-refractivity contribution is -0.133. The molecule has 1 aromatic rings. The number of amides is 3. The number of benzene rings is 1. The Kier molecular flexibility index (Phi) is 4.55. The van der Waals surface area contributed by atoms with E-state index in [0.29, 0.717) is 6.54 Å². The minimum absolute atomic E-state index is 0.0634. The Morgan fingerprint density at radius 3 is 2.65 bits per heavy atom. The van der Waals surface area contributed by atoms with Gasteiger partial charge in [0.1, 0.15) is 5.82 Å². The fourth-order valence-electron chi connectivity index (χ4n) is 2.53. The summed E-state index contributed by atoms with van der Waals surface area (Å²) in [5.41, 5.74) is 5.89. The Labute approximate surface area is 116 Å². The predicted octanol–water partition coefficient (Wildman–Crippen LogP) is 1.55. The first kappa shape index (κ1) is 14.3. The Morgan fingerprint density at radius 2 is 2.00 bits per heavy atom. The molecule has 1 fully saturated rings. The second-order valence-electron chi connectivity index (χ2n) is 4.87. The molecule has 6 heteroatoms. The van der Waals surface area contributed by atoms with E-state index in [9.17, 15) is 14.0 Å². The van der Waals surface area contributed by atoms with Crippen molar-refractivity contribution in [3.63, 3.8) is 0 Å². The molecule has 3 N–H and O–H groups in total. The van der Waals surface area contributed by atoms with E-state index >= 15 is 0 Å². The first-order chi connectivity index (χ1) is 9.58. The summed E-state index contributed by atoms with van der Waals surface area (Å²) in [5.74, 6) is -0.462. The summed E-state index contributed by atoms with van der Waals surface area (Å²) in [6.07, 6.45) is 2.79. The van der Waals surface area contributed by atoms with E-state index in [2.05, 4.69) is 5.32 Å². The molecule has 20 heavy (non-hydrogen) atoms. The monoisotopic (exact) mass is 279 g/mol. The average Bonchev–Trinajstić information content (AvgIpc) is 2.45. The van der Waals surface area contributed by atoms with Crippen molar-refractivity contribution in [1.82, 2.24) is 10.2 Å². The number of nitrogens with zero attached hydrogens (tertiary/aromatic N) is 1. The molecule has 0 spiro atoms. The molecule has 1 atom stereocenters. The number of piperidine rings is 1. The Morgan fingerprint density at radius 1 is 1.30 bits per heavy atom. The molecule has 3 amide bonds. The first-order valence-electron chi connectivity index (χ1n) is 6.66. The lowest BCUT2D eigenvalue weighted by Gasteiger charge is -2.36.